The molecule has 1 N–H and O–H groups in total. The maximum atomic E-state index is 11.3. The Labute approximate surface area is 272 Å². The van der Waals surface area contributed by atoms with E-state index < -0.39 is 5.97 Å². The minimum Gasteiger partial charge on any atom is -0.477 e. The number of fused-ring (bicyclic) bond motifs is 3. The molecule has 5 aromatic carbocycles. The van der Waals surface area contributed by atoms with E-state index in [1.54, 1.807) is 6.07 Å². The van der Waals surface area contributed by atoms with E-state index in [0.29, 0.717) is 0 Å². The quantitative estimate of drug-likeness (QED) is 0.144. The van der Waals surface area contributed by atoms with Crippen LogP contribution in [0.1, 0.15) is 29.9 Å². The molecule has 5 heteroatoms. The summed E-state index contributed by atoms with van der Waals surface area (Å²) in [6.07, 6.45) is 1.43. The molecule has 7 rings (SSSR count). The fourth-order valence-corrected chi connectivity index (χ4v) is 7.29. The van der Waals surface area contributed by atoms with Crippen LogP contribution >= 0.6 is 11.3 Å². The first-order valence-corrected chi connectivity index (χ1v) is 15.9. The minimum atomic E-state index is -1.22. The Hall–Kier alpha value is -5.70. The number of carboxylic acids is 1. The van der Waals surface area contributed by atoms with Gasteiger partial charge < -0.3 is 10.0 Å². The van der Waals surface area contributed by atoms with E-state index in [9.17, 15) is 9.90 Å². The molecule has 1 aliphatic rings. The number of benzene rings is 5. The topological polar surface area (TPSA) is 64.3 Å². The first-order valence-electron chi connectivity index (χ1n) is 15.1. The highest BCUT2D eigenvalue weighted by Crippen LogP contribution is 2.51. The molecule has 0 spiro atoms. The van der Waals surface area contributed by atoms with Crippen molar-refractivity contribution in [3.8, 4) is 38.8 Å². The zero-order chi connectivity index (χ0) is 31.8. The molecule has 0 fully saturated rings. The highest BCUT2D eigenvalue weighted by molar-refractivity contribution is 7.16. The van der Waals surface area contributed by atoms with Crippen molar-refractivity contribution < 1.29 is 9.90 Å². The number of hydrogen-bond donors (Lipinski definition) is 1. The van der Waals surface area contributed by atoms with Crippen molar-refractivity contribution in [1.29, 1.82) is 5.26 Å². The summed E-state index contributed by atoms with van der Waals surface area (Å²) >= 11 is 1.48. The van der Waals surface area contributed by atoms with Gasteiger partial charge in [0.25, 0.3) is 0 Å². The van der Waals surface area contributed by atoms with Crippen LogP contribution in [-0.4, -0.2) is 11.1 Å². The summed E-state index contributed by atoms with van der Waals surface area (Å²) in [5, 5.41) is 18.4. The Balaban J connectivity index is 1.19. The molecule has 46 heavy (non-hydrogen) atoms. The lowest BCUT2D eigenvalue weighted by atomic mass is 9.81. The lowest BCUT2D eigenvalue weighted by molar-refractivity contribution is -0.132. The van der Waals surface area contributed by atoms with Crippen LogP contribution in [0.3, 0.4) is 0 Å². The van der Waals surface area contributed by atoms with Gasteiger partial charge in [-0.05, 0) is 106 Å². The van der Waals surface area contributed by atoms with Crippen molar-refractivity contribution >= 4 is 40.4 Å². The molecule has 1 aliphatic carbocycles. The Bertz CT molecular complexity index is 2120. The maximum absolute atomic E-state index is 11.3. The molecule has 0 saturated carbocycles. The van der Waals surface area contributed by atoms with Gasteiger partial charge in [-0.1, -0.05) is 86.6 Å². The van der Waals surface area contributed by atoms with E-state index in [4.69, 9.17) is 5.26 Å². The summed E-state index contributed by atoms with van der Waals surface area (Å²) in [7, 11) is 0. The van der Waals surface area contributed by atoms with Gasteiger partial charge in [0.15, 0.2) is 0 Å². The zero-order valence-corrected chi connectivity index (χ0v) is 26.3. The first kappa shape index (κ1) is 29.0. The Morgan fingerprint density at radius 1 is 0.696 bits per heavy atom. The van der Waals surface area contributed by atoms with Crippen molar-refractivity contribution in [3.05, 3.63) is 155 Å². The summed E-state index contributed by atoms with van der Waals surface area (Å²) in [5.41, 5.74) is 11.3. The van der Waals surface area contributed by atoms with Crippen LogP contribution in [0.5, 0.6) is 0 Å². The number of carbonyl (C=O) groups is 1. The molecule has 0 aliphatic heterocycles. The number of nitriles is 1. The van der Waals surface area contributed by atoms with Crippen molar-refractivity contribution in [2.24, 2.45) is 0 Å². The van der Waals surface area contributed by atoms with Gasteiger partial charge in [-0.3, -0.25) is 0 Å². The van der Waals surface area contributed by atoms with Crippen LogP contribution in [0.25, 0.3) is 38.8 Å². The van der Waals surface area contributed by atoms with Crippen LogP contribution in [0.4, 0.5) is 17.1 Å². The van der Waals surface area contributed by atoms with Crippen molar-refractivity contribution in [2.45, 2.75) is 19.3 Å². The second kappa shape index (κ2) is 11.7. The molecular formula is C41H30N2O2S. The summed E-state index contributed by atoms with van der Waals surface area (Å²) in [5.74, 6) is -1.22. The normalized spacial score (nSPS) is 13.0. The third kappa shape index (κ3) is 5.19. The van der Waals surface area contributed by atoms with Gasteiger partial charge >= 0.3 is 5.97 Å². The summed E-state index contributed by atoms with van der Waals surface area (Å²) in [6.45, 7) is 4.56. The number of para-hydroxylation sites is 2. The SMILES string of the molecule is CC1(C)c2cc(-c3ccc(N(c4ccccc4)c4ccccc4)cc3)ccc2-c2ccc(-c3ccc(/C=C(/C#N)C(=O)O)s3)cc21. The number of thiophene rings is 1. The third-order valence-corrected chi connectivity index (χ3v) is 9.79. The zero-order valence-electron chi connectivity index (χ0n) is 25.4. The minimum absolute atomic E-state index is 0.203. The number of nitrogens with zero attached hydrogens (tertiary/aromatic N) is 2. The maximum Gasteiger partial charge on any atom is 0.346 e. The van der Waals surface area contributed by atoms with Crippen LogP contribution < -0.4 is 4.90 Å². The van der Waals surface area contributed by atoms with Crippen LogP contribution in [-0.2, 0) is 10.2 Å². The molecule has 6 aromatic rings. The van der Waals surface area contributed by atoms with Crippen LogP contribution in [0, 0.1) is 11.3 Å². The van der Waals surface area contributed by atoms with Crippen molar-refractivity contribution in [1.82, 2.24) is 0 Å². The van der Waals surface area contributed by atoms with E-state index in [0.717, 1.165) is 37.9 Å². The Kier molecular flexibility index (Phi) is 7.36. The lowest BCUT2D eigenvalue weighted by Crippen LogP contribution is -2.15. The van der Waals surface area contributed by atoms with E-state index >= 15 is 0 Å². The van der Waals surface area contributed by atoms with Crippen LogP contribution in [0.15, 0.2) is 139 Å². The lowest BCUT2D eigenvalue weighted by Gasteiger charge is -2.25. The smallest absolute Gasteiger partial charge is 0.346 e. The van der Waals surface area contributed by atoms with Gasteiger partial charge in [0, 0.05) is 32.2 Å². The molecule has 0 atom stereocenters. The van der Waals surface area contributed by atoms with Gasteiger partial charge in [0.05, 0.1) is 0 Å². The van der Waals surface area contributed by atoms with E-state index in [1.165, 1.54) is 45.2 Å². The third-order valence-electron chi connectivity index (χ3n) is 8.71. The summed E-state index contributed by atoms with van der Waals surface area (Å²) in [4.78, 5) is 15.3. The van der Waals surface area contributed by atoms with Crippen LogP contribution in [0.2, 0.25) is 0 Å². The van der Waals surface area contributed by atoms with Crippen molar-refractivity contribution in [2.75, 3.05) is 4.90 Å². The standard InChI is InChI=1S/C41H30N2O2S/c1-41(2)37-24-28(27-13-17-33(18-14-27)43(31-9-5-3-6-10-31)32-11-7-4-8-12-32)15-20-35(37)36-21-16-29(25-38(36)41)39-22-19-34(46-39)23-30(26-42)40(44)45/h3-25H,1-2H3,(H,44,45)/b30-23-. The molecule has 0 bridgehead atoms. The molecule has 0 unspecified atom stereocenters. The number of anilines is 3. The highest BCUT2D eigenvalue weighted by Gasteiger charge is 2.36. The van der Waals surface area contributed by atoms with Crippen molar-refractivity contribution in [3.63, 3.8) is 0 Å². The molecule has 4 nitrogen and oxygen atoms in total. The Morgan fingerprint density at radius 2 is 1.22 bits per heavy atom. The molecule has 222 valence electrons. The fourth-order valence-electron chi connectivity index (χ4n) is 6.34. The monoisotopic (exact) mass is 614 g/mol. The summed E-state index contributed by atoms with van der Waals surface area (Å²) in [6, 6.07) is 48.6. The fraction of sp³-hybridized carbons (Fsp3) is 0.0732. The largest absolute Gasteiger partial charge is 0.477 e. The van der Waals surface area contributed by atoms with E-state index in [2.05, 4.69) is 128 Å². The van der Waals surface area contributed by atoms with E-state index in [-0.39, 0.29) is 11.0 Å². The second-order valence-electron chi connectivity index (χ2n) is 11.9. The molecule has 0 saturated heterocycles. The average molecular weight is 615 g/mol. The second-order valence-corrected chi connectivity index (χ2v) is 13.0. The number of aliphatic carboxylic acids is 1. The van der Waals surface area contributed by atoms with E-state index in [1.807, 2.05) is 24.3 Å². The highest BCUT2D eigenvalue weighted by atomic mass is 32.1. The summed E-state index contributed by atoms with van der Waals surface area (Å²) < 4.78 is 0. The van der Waals surface area contributed by atoms with Gasteiger partial charge in [0.1, 0.15) is 11.6 Å². The van der Waals surface area contributed by atoms with Gasteiger partial charge in [-0.2, -0.15) is 5.26 Å². The molecular weight excluding hydrogens is 585 g/mol. The molecule has 1 heterocycles. The molecule has 0 radical (unpaired) electrons. The number of hydrogen-bond acceptors (Lipinski definition) is 4. The predicted octanol–water partition coefficient (Wildman–Crippen LogP) is 10.8. The average Bonchev–Trinajstić information content (AvgIpc) is 3.65. The first-order chi connectivity index (χ1) is 22.3. The predicted molar refractivity (Wildman–Crippen MR) is 189 cm³/mol. The number of carboxylic acid groups (broad SMARTS) is 1. The molecule has 0 amide bonds. The Morgan fingerprint density at radius 3 is 1.78 bits per heavy atom. The van der Waals surface area contributed by atoms with Gasteiger partial charge in [0.2, 0.25) is 0 Å². The molecule has 1 aromatic heterocycles. The number of rotatable bonds is 7. The van der Waals surface area contributed by atoms with Gasteiger partial charge in [-0.25, -0.2) is 4.79 Å². The van der Waals surface area contributed by atoms with Gasteiger partial charge in [-0.15, -0.1) is 11.3 Å².